The monoisotopic (exact) mass is 312 g/mol. The molecule has 0 spiro atoms. The van der Waals surface area contributed by atoms with Gasteiger partial charge in [0, 0.05) is 18.8 Å². The van der Waals surface area contributed by atoms with Gasteiger partial charge >= 0.3 is 0 Å². The predicted molar refractivity (Wildman–Crippen MR) is 90.0 cm³/mol. The van der Waals surface area contributed by atoms with Gasteiger partial charge in [-0.25, -0.2) is 4.98 Å². The van der Waals surface area contributed by atoms with E-state index in [2.05, 4.69) is 38.0 Å². The molecule has 0 radical (unpaired) electrons. The number of ether oxygens (including phenoxy) is 1. The van der Waals surface area contributed by atoms with E-state index < -0.39 is 0 Å². The molecule has 0 aliphatic rings. The first-order valence-electron chi connectivity index (χ1n) is 8.07. The molecule has 1 N–H and O–H groups in total. The summed E-state index contributed by atoms with van der Waals surface area (Å²) in [7, 11) is 0. The molecule has 1 unspecified atom stereocenters. The van der Waals surface area contributed by atoms with Crippen LogP contribution in [0.15, 0.2) is 12.3 Å². The van der Waals surface area contributed by atoms with E-state index in [1.807, 2.05) is 12.3 Å². The summed E-state index contributed by atoms with van der Waals surface area (Å²) in [5.41, 5.74) is 1.08. The van der Waals surface area contributed by atoms with Crippen LogP contribution in [0.4, 0.5) is 0 Å². The Hall–Kier alpha value is -0.800. The quantitative estimate of drug-likeness (QED) is 0.672. The molecule has 0 saturated heterocycles. The van der Waals surface area contributed by atoms with Crippen LogP contribution in [0.2, 0.25) is 5.02 Å². The van der Waals surface area contributed by atoms with Gasteiger partial charge in [0.2, 0.25) is 5.88 Å². The summed E-state index contributed by atoms with van der Waals surface area (Å²) in [6.07, 6.45) is 6.66. The molecule has 3 nitrogen and oxygen atoms in total. The van der Waals surface area contributed by atoms with Gasteiger partial charge in [0.05, 0.1) is 6.61 Å². The zero-order valence-corrected chi connectivity index (χ0v) is 14.5. The highest BCUT2D eigenvalue weighted by atomic mass is 35.5. The third-order valence-corrected chi connectivity index (χ3v) is 3.85. The van der Waals surface area contributed by atoms with Crippen molar-refractivity contribution in [3.05, 3.63) is 22.8 Å². The number of rotatable bonds is 10. The van der Waals surface area contributed by atoms with Gasteiger partial charge in [0.25, 0.3) is 0 Å². The van der Waals surface area contributed by atoms with Gasteiger partial charge in [-0.3, -0.25) is 0 Å². The standard InChI is InChI=1S/C17H29ClN2O/c1-5-7-8-14(6-2)12-21-17-16(18)9-15(11-20-17)10-19-13(3)4/h9,11,13-14,19H,5-8,10,12H2,1-4H3. The van der Waals surface area contributed by atoms with E-state index in [-0.39, 0.29) is 0 Å². The number of hydrogen-bond donors (Lipinski definition) is 1. The number of aromatic nitrogens is 1. The van der Waals surface area contributed by atoms with Crippen LogP contribution in [-0.4, -0.2) is 17.6 Å². The number of hydrogen-bond acceptors (Lipinski definition) is 3. The van der Waals surface area contributed by atoms with Crippen molar-refractivity contribution in [2.75, 3.05) is 6.61 Å². The maximum absolute atomic E-state index is 6.26. The second-order valence-electron chi connectivity index (χ2n) is 5.89. The number of nitrogens with one attached hydrogen (secondary N) is 1. The maximum atomic E-state index is 6.26. The number of pyridine rings is 1. The van der Waals surface area contributed by atoms with Crippen molar-refractivity contribution in [2.24, 2.45) is 5.92 Å². The molecule has 21 heavy (non-hydrogen) atoms. The van der Waals surface area contributed by atoms with Crippen molar-refractivity contribution >= 4 is 11.6 Å². The molecule has 120 valence electrons. The zero-order chi connectivity index (χ0) is 15.7. The molecular formula is C17H29ClN2O. The van der Waals surface area contributed by atoms with Crippen molar-refractivity contribution in [2.45, 2.75) is 66.0 Å². The lowest BCUT2D eigenvalue weighted by Gasteiger charge is -2.16. The minimum absolute atomic E-state index is 0.448. The summed E-state index contributed by atoms with van der Waals surface area (Å²) >= 11 is 6.26. The Kier molecular flexibility index (Phi) is 8.70. The van der Waals surface area contributed by atoms with E-state index in [9.17, 15) is 0 Å². The highest BCUT2D eigenvalue weighted by Crippen LogP contribution is 2.24. The van der Waals surface area contributed by atoms with E-state index in [0.717, 1.165) is 18.5 Å². The van der Waals surface area contributed by atoms with E-state index in [1.54, 1.807) is 0 Å². The molecule has 1 atom stereocenters. The van der Waals surface area contributed by atoms with Gasteiger partial charge in [-0.1, -0.05) is 58.6 Å². The fourth-order valence-corrected chi connectivity index (χ4v) is 2.33. The van der Waals surface area contributed by atoms with E-state index >= 15 is 0 Å². The molecule has 1 heterocycles. The van der Waals surface area contributed by atoms with Crippen LogP contribution in [0.3, 0.4) is 0 Å². The molecular weight excluding hydrogens is 284 g/mol. The van der Waals surface area contributed by atoms with Crippen LogP contribution in [0.25, 0.3) is 0 Å². The van der Waals surface area contributed by atoms with Crippen molar-refractivity contribution in [1.29, 1.82) is 0 Å². The summed E-state index contributed by atoms with van der Waals surface area (Å²) in [5, 5.41) is 3.95. The summed E-state index contributed by atoms with van der Waals surface area (Å²) < 4.78 is 5.80. The Morgan fingerprint density at radius 1 is 1.33 bits per heavy atom. The van der Waals surface area contributed by atoms with E-state index in [1.165, 1.54) is 19.3 Å². The second kappa shape index (κ2) is 10.0. The number of unbranched alkanes of at least 4 members (excludes halogenated alkanes) is 1. The first-order chi connectivity index (χ1) is 10.1. The molecule has 0 fully saturated rings. The molecule has 0 aliphatic heterocycles. The van der Waals surface area contributed by atoms with Gasteiger partial charge in [-0.05, 0) is 24.0 Å². The summed E-state index contributed by atoms with van der Waals surface area (Å²) in [6.45, 7) is 10.1. The molecule has 0 saturated carbocycles. The lowest BCUT2D eigenvalue weighted by Crippen LogP contribution is -2.21. The van der Waals surface area contributed by atoms with Crippen molar-refractivity contribution in [3.8, 4) is 5.88 Å². The molecule has 0 amide bonds. The summed E-state index contributed by atoms with van der Waals surface area (Å²) in [4.78, 5) is 4.35. The third kappa shape index (κ3) is 7.14. The average Bonchev–Trinajstić information content (AvgIpc) is 2.46. The van der Waals surface area contributed by atoms with E-state index in [4.69, 9.17) is 16.3 Å². The van der Waals surface area contributed by atoms with Gasteiger partial charge in [0.1, 0.15) is 5.02 Å². The molecule has 0 aromatic carbocycles. The highest BCUT2D eigenvalue weighted by molar-refractivity contribution is 6.31. The van der Waals surface area contributed by atoms with Crippen LogP contribution in [-0.2, 0) is 6.54 Å². The Balaban J connectivity index is 2.51. The second-order valence-corrected chi connectivity index (χ2v) is 6.30. The summed E-state index contributed by atoms with van der Waals surface area (Å²) in [5.74, 6) is 1.14. The molecule has 1 aromatic rings. The minimum atomic E-state index is 0.448. The fourth-order valence-electron chi connectivity index (χ4n) is 2.08. The van der Waals surface area contributed by atoms with Crippen LogP contribution in [0, 0.1) is 5.92 Å². The predicted octanol–water partition coefficient (Wildman–Crippen LogP) is 4.83. The Morgan fingerprint density at radius 3 is 2.67 bits per heavy atom. The first kappa shape index (κ1) is 18.2. The molecule has 0 bridgehead atoms. The van der Waals surface area contributed by atoms with Gasteiger partial charge in [-0.15, -0.1) is 0 Å². The largest absolute Gasteiger partial charge is 0.476 e. The Morgan fingerprint density at radius 2 is 2.10 bits per heavy atom. The van der Waals surface area contributed by atoms with Crippen LogP contribution >= 0.6 is 11.6 Å². The topological polar surface area (TPSA) is 34.1 Å². The minimum Gasteiger partial charge on any atom is -0.476 e. The average molecular weight is 313 g/mol. The molecule has 1 rings (SSSR count). The molecule has 0 aliphatic carbocycles. The highest BCUT2D eigenvalue weighted by Gasteiger charge is 2.10. The summed E-state index contributed by atoms with van der Waals surface area (Å²) in [6, 6.07) is 2.38. The van der Waals surface area contributed by atoms with Gasteiger partial charge < -0.3 is 10.1 Å². The lowest BCUT2D eigenvalue weighted by atomic mass is 10.0. The third-order valence-electron chi connectivity index (χ3n) is 3.58. The number of halogens is 1. The van der Waals surface area contributed by atoms with Gasteiger partial charge in [0.15, 0.2) is 0 Å². The SMILES string of the molecule is CCCCC(CC)COc1ncc(CNC(C)C)cc1Cl. The van der Waals surface area contributed by atoms with Crippen LogP contribution in [0.5, 0.6) is 5.88 Å². The number of nitrogens with zero attached hydrogens (tertiary/aromatic N) is 1. The van der Waals surface area contributed by atoms with Crippen molar-refractivity contribution in [3.63, 3.8) is 0 Å². The first-order valence-corrected chi connectivity index (χ1v) is 8.45. The molecule has 4 heteroatoms. The fraction of sp³-hybridized carbons (Fsp3) is 0.706. The van der Waals surface area contributed by atoms with Gasteiger partial charge in [-0.2, -0.15) is 0 Å². The Bertz CT molecular complexity index is 410. The zero-order valence-electron chi connectivity index (χ0n) is 13.8. The maximum Gasteiger partial charge on any atom is 0.232 e. The van der Waals surface area contributed by atoms with Crippen molar-refractivity contribution < 1.29 is 4.74 Å². The normalized spacial score (nSPS) is 12.7. The van der Waals surface area contributed by atoms with Crippen LogP contribution in [0.1, 0.15) is 58.9 Å². The van der Waals surface area contributed by atoms with Crippen molar-refractivity contribution in [1.82, 2.24) is 10.3 Å². The van der Waals surface area contributed by atoms with E-state index in [0.29, 0.717) is 29.5 Å². The smallest absolute Gasteiger partial charge is 0.232 e. The van der Waals surface area contributed by atoms with Crippen LogP contribution < -0.4 is 10.1 Å². The molecule has 1 aromatic heterocycles. The Labute approximate surface area is 134 Å². The lowest BCUT2D eigenvalue weighted by molar-refractivity contribution is 0.226.